The summed E-state index contributed by atoms with van der Waals surface area (Å²) in [6, 6.07) is 10.0. The molecule has 1 aliphatic heterocycles. The monoisotopic (exact) mass is 374 g/mol. The van der Waals surface area contributed by atoms with E-state index in [2.05, 4.69) is 24.0 Å². The van der Waals surface area contributed by atoms with Gasteiger partial charge in [-0.25, -0.2) is 9.89 Å². The van der Waals surface area contributed by atoms with E-state index in [0.29, 0.717) is 29.3 Å². The van der Waals surface area contributed by atoms with Crippen LogP contribution in [0.15, 0.2) is 40.3 Å². The zero-order chi connectivity index (χ0) is 18.5. The zero-order valence-corrected chi connectivity index (χ0v) is 16.2. The number of hydrogen-bond acceptors (Lipinski definition) is 4. The number of carbonyl (C=O) groups is 1. The van der Waals surface area contributed by atoms with Crippen LogP contribution in [-0.4, -0.2) is 44.4 Å². The summed E-state index contributed by atoms with van der Waals surface area (Å²) in [5.74, 6) is 1.53. The predicted octanol–water partition coefficient (Wildman–Crippen LogP) is 2.41. The number of hydrogen-bond donors (Lipinski definition) is 1. The molecule has 7 heteroatoms. The molecule has 3 rings (SSSR count). The SMILES string of the molecule is C[C@@H]1C[C@H](C)CN(C(=O)CSc2n[nH]c(=O)n2CCc2ccccc2)C1. The Bertz CT molecular complexity index is 776. The van der Waals surface area contributed by atoms with Crippen molar-refractivity contribution >= 4 is 17.7 Å². The number of H-pyrrole nitrogens is 1. The van der Waals surface area contributed by atoms with Gasteiger partial charge in [-0.2, -0.15) is 0 Å². The van der Waals surface area contributed by atoms with Crippen LogP contribution >= 0.6 is 11.8 Å². The Morgan fingerprint density at radius 1 is 1.23 bits per heavy atom. The van der Waals surface area contributed by atoms with Crippen LogP contribution in [0.5, 0.6) is 0 Å². The Morgan fingerprint density at radius 2 is 1.92 bits per heavy atom. The molecule has 1 amide bonds. The zero-order valence-electron chi connectivity index (χ0n) is 15.4. The maximum atomic E-state index is 12.5. The van der Waals surface area contributed by atoms with Gasteiger partial charge in [0.15, 0.2) is 5.16 Å². The van der Waals surface area contributed by atoms with Crippen LogP contribution < -0.4 is 5.69 Å². The standard InChI is InChI=1S/C19H26N4O2S/c1-14-10-15(2)12-22(11-14)17(24)13-26-19-21-20-18(25)23(19)9-8-16-6-4-3-5-7-16/h3-7,14-15H,8-13H2,1-2H3,(H,20,25)/t14-,15+. The van der Waals surface area contributed by atoms with Gasteiger partial charge in [0, 0.05) is 19.6 Å². The molecule has 1 N–H and O–H groups in total. The van der Waals surface area contributed by atoms with Crippen LogP contribution in [-0.2, 0) is 17.8 Å². The van der Waals surface area contributed by atoms with Gasteiger partial charge in [0.05, 0.1) is 5.75 Å². The second kappa shape index (κ2) is 8.58. The number of piperidine rings is 1. The number of benzene rings is 1. The summed E-state index contributed by atoms with van der Waals surface area (Å²) in [6.07, 6.45) is 1.93. The Balaban J connectivity index is 1.58. The number of rotatable bonds is 6. The van der Waals surface area contributed by atoms with E-state index in [-0.39, 0.29) is 11.6 Å². The fraction of sp³-hybridized carbons (Fsp3) is 0.526. The molecule has 2 aromatic rings. The lowest BCUT2D eigenvalue weighted by atomic mass is 9.92. The number of nitrogens with zero attached hydrogens (tertiary/aromatic N) is 3. The number of thioether (sulfide) groups is 1. The maximum Gasteiger partial charge on any atom is 0.343 e. The molecule has 2 heterocycles. The summed E-state index contributed by atoms with van der Waals surface area (Å²) < 4.78 is 1.62. The second-order valence-electron chi connectivity index (χ2n) is 7.23. The average molecular weight is 375 g/mol. The molecule has 0 spiro atoms. The molecular formula is C19H26N4O2S. The van der Waals surface area contributed by atoms with Crippen molar-refractivity contribution in [2.24, 2.45) is 11.8 Å². The molecule has 0 radical (unpaired) electrons. The summed E-state index contributed by atoms with van der Waals surface area (Å²) >= 11 is 1.34. The number of aromatic nitrogens is 3. The van der Waals surface area contributed by atoms with E-state index in [4.69, 9.17) is 0 Å². The molecule has 6 nitrogen and oxygen atoms in total. The molecule has 2 atom stereocenters. The minimum atomic E-state index is -0.226. The minimum absolute atomic E-state index is 0.124. The van der Waals surface area contributed by atoms with Crippen molar-refractivity contribution in [2.45, 2.75) is 38.4 Å². The summed E-state index contributed by atoms with van der Waals surface area (Å²) in [5, 5.41) is 7.18. The topological polar surface area (TPSA) is 71.0 Å². The summed E-state index contributed by atoms with van der Waals surface area (Å²) in [5.41, 5.74) is 0.944. The van der Waals surface area contributed by atoms with Gasteiger partial charge in [0.2, 0.25) is 5.91 Å². The van der Waals surface area contributed by atoms with E-state index in [1.165, 1.54) is 23.7 Å². The molecule has 1 aromatic heterocycles. The second-order valence-corrected chi connectivity index (χ2v) is 8.17. The van der Waals surface area contributed by atoms with Crippen molar-refractivity contribution in [3.63, 3.8) is 0 Å². The molecule has 0 unspecified atom stereocenters. The Hall–Kier alpha value is -2.02. The smallest absolute Gasteiger partial charge is 0.341 e. The predicted molar refractivity (Wildman–Crippen MR) is 103 cm³/mol. The average Bonchev–Trinajstić information content (AvgIpc) is 2.97. The lowest BCUT2D eigenvalue weighted by molar-refractivity contribution is -0.130. The normalized spacial score (nSPS) is 20.3. The third kappa shape index (κ3) is 4.78. The molecule has 1 fully saturated rings. The first kappa shape index (κ1) is 18.8. The van der Waals surface area contributed by atoms with Crippen molar-refractivity contribution in [1.29, 1.82) is 0 Å². The first-order valence-corrected chi connectivity index (χ1v) is 10.1. The molecule has 140 valence electrons. The fourth-order valence-corrected chi connectivity index (χ4v) is 4.46. The van der Waals surface area contributed by atoms with Crippen LogP contribution in [0.3, 0.4) is 0 Å². The van der Waals surface area contributed by atoms with Crippen LogP contribution in [0, 0.1) is 11.8 Å². The first-order chi connectivity index (χ1) is 12.5. The van der Waals surface area contributed by atoms with Crippen molar-refractivity contribution < 1.29 is 4.79 Å². The number of amides is 1. The highest BCUT2D eigenvalue weighted by Crippen LogP contribution is 2.22. The van der Waals surface area contributed by atoms with Crippen LogP contribution in [0.2, 0.25) is 0 Å². The summed E-state index contributed by atoms with van der Waals surface area (Å²) in [7, 11) is 0. The van der Waals surface area contributed by atoms with Crippen molar-refractivity contribution in [2.75, 3.05) is 18.8 Å². The molecule has 0 bridgehead atoms. The fourth-order valence-electron chi connectivity index (χ4n) is 3.58. The van der Waals surface area contributed by atoms with Gasteiger partial charge in [-0.3, -0.25) is 9.36 Å². The molecule has 26 heavy (non-hydrogen) atoms. The van der Waals surface area contributed by atoms with Crippen LogP contribution in [0.1, 0.15) is 25.8 Å². The summed E-state index contributed by atoms with van der Waals surface area (Å²) in [6.45, 7) is 6.58. The number of aromatic amines is 1. The maximum absolute atomic E-state index is 12.5. The lowest BCUT2D eigenvalue weighted by Crippen LogP contribution is -2.43. The quantitative estimate of drug-likeness (QED) is 0.788. The van der Waals surface area contributed by atoms with E-state index >= 15 is 0 Å². The third-order valence-electron chi connectivity index (χ3n) is 4.74. The number of carbonyl (C=O) groups excluding carboxylic acids is 1. The van der Waals surface area contributed by atoms with Gasteiger partial charge < -0.3 is 4.90 Å². The van der Waals surface area contributed by atoms with Gasteiger partial charge in [-0.15, -0.1) is 5.10 Å². The van der Waals surface area contributed by atoms with Gasteiger partial charge in [-0.05, 0) is 30.2 Å². The molecular weight excluding hydrogens is 348 g/mol. The van der Waals surface area contributed by atoms with Crippen molar-refractivity contribution in [3.8, 4) is 0 Å². The van der Waals surface area contributed by atoms with Gasteiger partial charge in [0.1, 0.15) is 0 Å². The largest absolute Gasteiger partial charge is 0.343 e. The highest BCUT2D eigenvalue weighted by molar-refractivity contribution is 7.99. The van der Waals surface area contributed by atoms with E-state index in [9.17, 15) is 9.59 Å². The Labute approximate surface area is 158 Å². The minimum Gasteiger partial charge on any atom is -0.341 e. The van der Waals surface area contributed by atoms with Crippen molar-refractivity contribution in [3.05, 3.63) is 46.4 Å². The molecule has 0 aliphatic carbocycles. The first-order valence-electron chi connectivity index (χ1n) is 9.12. The molecule has 1 aromatic carbocycles. The van der Waals surface area contributed by atoms with E-state index in [1.807, 2.05) is 35.2 Å². The van der Waals surface area contributed by atoms with E-state index in [1.54, 1.807) is 4.57 Å². The third-order valence-corrected chi connectivity index (χ3v) is 5.70. The molecule has 1 saturated heterocycles. The highest BCUT2D eigenvalue weighted by Gasteiger charge is 2.25. The molecule has 0 saturated carbocycles. The number of nitrogens with one attached hydrogen (secondary N) is 1. The summed E-state index contributed by atoms with van der Waals surface area (Å²) in [4.78, 5) is 26.5. The van der Waals surface area contributed by atoms with Gasteiger partial charge in [-0.1, -0.05) is 55.9 Å². The Kier molecular flexibility index (Phi) is 6.19. The Morgan fingerprint density at radius 3 is 2.62 bits per heavy atom. The number of aryl methyl sites for hydroxylation is 1. The lowest BCUT2D eigenvalue weighted by Gasteiger charge is -2.34. The van der Waals surface area contributed by atoms with E-state index in [0.717, 1.165) is 19.5 Å². The van der Waals surface area contributed by atoms with Crippen LogP contribution in [0.4, 0.5) is 0 Å². The highest BCUT2D eigenvalue weighted by atomic mass is 32.2. The molecule has 1 aliphatic rings. The van der Waals surface area contributed by atoms with Crippen LogP contribution in [0.25, 0.3) is 0 Å². The van der Waals surface area contributed by atoms with Gasteiger partial charge in [0.25, 0.3) is 0 Å². The van der Waals surface area contributed by atoms with Gasteiger partial charge >= 0.3 is 5.69 Å². The van der Waals surface area contributed by atoms with E-state index < -0.39 is 0 Å². The van der Waals surface area contributed by atoms with Crippen molar-refractivity contribution in [1.82, 2.24) is 19.7 Å². The number of likely N-dealkylation sites (tertiary alicyclic amines) is 1.